The van der Waals surface area contributed by atoms with Crippen molar-refractivity contribution in [2.75, 3.05) is 18.0 Å². The first-order valence-electron chi connectivity index (χ1n) is 9.58. The number of aryl methyl sites for hydroxylation is 2. The standard InChI is InChI=1S/C20H16F5N7/c1-11-29-15(17-18(26-10-28-32(11)17)31-8-19(21,22)9-31)14-7-27-30(2)16(14)12-3-5-13(6-4-12)20(23,24)25/h3-7,10H,8-9H2,1-2H3. The molecule has 4 heterocycles. The zero-order chi connectivity index (χ0) is 22.8. The number of hydrogen-bond donors (Lipinski definition) is 0. The molecule has 7 nitrogen and oxygen atoms in total. The largest absolute Gasteiger partial charge is 0.416 e. The molecular formula is C20H16F5N7. The highest BCUT2D eigenvalue weighted by Crippen LogP contribution is 2.40. The van der Waals surface area contributed by atoms with Crippen molar-refractivity contribution in [3.05, 3.63) is 48.2 Å². The lowest BCUT2D eigenvalue weighted by molar-refractivity contribution is -0.137. The van der Waals surface area contributed by atoms with Crippen molar-refractivity contribution < 1.29 is 22.0 Å². The van der Waals surface area contributed by atoms with E-state index in [0.29, 0.717) is 39.7 Å². The van der Waals surface area contributed by atoms with Crippen LogP contribution in [0, 0.1) is 6.92 Å². The lowest BCUT2D eigenvalue weighted by Gasteiger charge is -2.39. The average Bonchev–Trinajstić information content (AvgIpc) is 3.25. The van der Waals surface area contributed by atoms with Crippen LogP contribution < -0.4 is 4.90 Å². The van der Waals surface area contributed by atoms with Gasteiger partial charge in [0.2, 0.25) is 0 Å². The predicted octanol–water partition coefficient (Wildman–Crippen LogP) is 3.97. The van der Waals surface area contributed by atoms with Gasteiger partial charge in [-0.3, -0.25) is 4.68 Å². The zero-order valence-corrected chi connectivity index (χ0v) is 16.9. The Morgan fingerprint density at radius 3 is 2.34 bits per heavy atom. The monoisotopic (exact) mass is 449 g/mol. The number of rotatable bonds is 3. The quantitative estimate of drug-likeness (QED) is 0.443. The van der Waals surface area contributed by atoms with Crippen molar-refractivity contribution in [2.45, 2.75) is 19.0 Å². The van der Waals surface area contributed by atoms with Crippen LogP contribution in [-0.2, 0) is 13.2 Å². The number of benzene rings is 1. The Balaban J connectivity index is 1.67. The van der Waals surface area contributed by atoms with Gasteiger partial charge in [0.15, 0.2) is 5.82 Å². The fourth-order valence-electron chi connectivity index (χ4n) is 3.91. The second-order valence-corrected chi connectivity index (χ2v) is 7.67. The fourth-order valence-corrected chi connectivity index (χ4v) is 3.91. The fraction of sp³-hybridized carbons (Fsp3) is 0.300. The van der Waals surface area contributed by atoms with Crippen LogP contribution >= 0.6 is 0 Å². The van der Waals surface area contributed by atoms with E-state index in [1.54, 1.807) is 14.0 Å². The summed E-state index contributed by atoms with van der Waals surface area (Å²) in [7, 11) is 1.66. The van der Waals surface area contributed by atoms with E-state index in [4.69, 9.17) is 0 Å². The molecule has 5 rings (SSSR count). The van der Waals surface area contributed by atoms with Crippen LogP contribution in [0.1, 0.15) is 11.4 Å². The summed E-state index contributed by atoms with van der Waals surface area (Å²) in [6.07, 6.45) is -1.63. The van der Waals surface area contributed by atoms with Crippen molar-refractivity contribution >= 4 is 11.3 Å². The van der Waals surface area contributed by atoms with Crippen LogP contribution in [0.5, 0.6) is 0 Å². The zero-order valence-electron chi connectivity index (χ0n) is 16.9. The third-order valence-corrected chi connectivity index (χ3v) is 5.40. The van der Waals surface area contributed by atoms with E-state index in [1.165, 1.54) is 38.8 Å². The van der Waals surface area contributed by atoms with Gasteiger partial charge in [0.25, 0.3) is 5.92 Å². The molecule has 0 unspecified atom stereocenters. The molecule has 1 saturated heterocycles. The minimum Gasteiger partial charge on any atom is -0.342 e. The van der Waals surface area contributed by atoms with Gasteiger partial charge in [-0.05, 0) is 19.1 Å². The molecule has 0 radical (unpaired) electrons. The summed E-state index contributed by atoms with van der Waals surface area (Å²) in [6, 6.07) is 4.72. The maximum Gasteiger partial charge on any atom is 0.416 e. The van der Waals surface area contributed by atoms with Crippen LogP contribution in [0.15, 0.2) is 36.8 Å². The van der Waals surface area contributed by atoms with Gasteiger partial charge >= 0.3 is 6.18 Å². The minimum absolute atomic E-state index is 0.309. The third kappa shape index (κ3) is 3.17. The van der Waals surface area contributed by atoms with E-state index >= 15 is 0 Å². The molecule has 0 N–H and O–H groups in total. The second kappa shape index (κ2) is 6.71. The molecule has 12 heteroatoms. The summed E-state index contributed by atoms with van der Waals surface area (Å²) < 4.78 is 69.0. The molecule has 0 bridgehead atoms. The molecule has 0 saturated carbocycles. The Morgan fingerprint density at radius 2 is 1.72 bits per heavy atom. The summed E-state index contributed by atoms with van der Waals surface area (Å²) >= 11 is 0. The first-order valence-corrected chi connectivity index (χ1v) is 9.58. The lowest BCUT2D eigenvalue weighted by Crippen LogP contribution is -2.56. The first kappa shape index (κ1) is 20.3. The van der Waals surface area contributed by atoms with Gasteiger partial charge in [-0.25, -0.2) is 23.3 Å². The Bertz CT molecular complexity index is 1310. The Morgan fingerprint density at radius 1 is 1.03 bits per heavy atom. The van der Waals surface area contributed by atoms with E-state index in [0.717, 1.165) is 12.1 Å². The molecule has 0 atom stereocenters. The highest BCUT2D eigenvalue weighted by molar-refractivity contribution is 5.92. The number of nitrogens with zero attached hydrogens (tertiary/aromatic N) is 7. The maximum atomic E-state index is 13.5. The smallest absolute Gasteiger partial charge is 0.342 e. The lowest BCUT2D eigenvalue weighted by atomic mass is 10.0. The topological polar surface area (TPSA) is 64.1 Å². The normalized spacial score (nSPS) is 15.9. The number of hydrogen-bond acceptors (Lipinski definition) is 5. The third-order valence-electron chi connectivity index (χ3n) is 5.40. The molecule has 0 amide bonds. The van der Waals surface area contributed by atoms with Gasteiger partial charge in [0, 0.05) is 18.2 Å². The summed E-state index contributed by atoms with van der Waals surface area (Å²) in [4.78, 5) is 10.2. The molecule has 0 aliphatic carbocycles. The number of anilines is 1. The van der Waals surface area contributed by atoms with Crippen molar-refractivity contribution in [2.24, 2.45) is 7.05 Å². The van der Waals surface area contributed by atoms with Gasteiger partial charge in [0.05, 0.1) is 30.5 Å². The van der Waals surface area contributed by atoms with Crippen molar-refractivity contribution in [3.63, 3.8) is 0 Å². The van der Waals surface area contributed by atoms with Crippen molar-refractivity contribution in [3.8, 4) is 22.5 Å². The highest BCUT2D eigenvalue weighted by atomic mass is 19.4. The second-order valence-electron chi connectivity index (χ2n) is 7.67. The first-order chi connectivity index (χ1) is 15.0. The Hall–Kier alpha value is -3.57. The molecule has 3 aromatic heterocycles. The summed E-state index contributed by atoms with van der Waals surface area (Å²) in [5.41, 5.74) is 1.64. The summed E-state index contributed by atoms with van der Waals surface area (Å²) in [5.74, 6) is -1.98. The summed E-state index contributed by atoms with van der Waals surface area (Å²) in [6.45, 7) is 0.774. The molecule has 4 aromatic rings. The van der Waals surface area contributed by atoms with Crippen LogP contribution in [0.4, 0.5) is 27.8 Å². The van der Waals surface area contributed by atoms with Crippen molar-refractivity contribution in [1.82, 2.24) is 29.4 Å². The number of imidazole rings is 1. The molecule has 1 aromatic carbocycles. The Labute approximate surface area is 178 Å². The molecule has 1 aliphatic heterocycles. The van der Waals surface area contributed by atoms with E-state index in [9.17, 15) is 22.0 Å². The van der Waals surface area contributed by atoms with Gasteiger partial charge in [-0.1, -0.05) is 12.1 Å². The Kier molecular flexibility index (Phi) is 4.27. The molecule has 32 heavy (non-hydrogen) atoms. The van der Waals surface area contributed by atoms with E-state index in [1.807, 2.05) is 0 Å². The van der Waals surface area contributed by atoms with Crippen LogP contribution in [0.3, 0.4) is 0 Å². The van der Waals surface area contributed by atoms with Crippen molar-refractivity contribution in [1.29, 1.82) is 0 Å². The molecule has 1 fully saturated rings. The number of fused-ring (bicyclic) bond motifs is 1. The molecule has 1 aliphatic rings. The number of aromatic nitrogens is 6. The molecular weight excluding hydrogens is 433 g/mol. The van der Waals surface area contributed by atoms with Crippen LogP contribution in [-0.4, -0.2) is 48.4 Å². The highest BCUT2D eigenvalue weighted by Gasteiger charge is 2.45. The minimum atomic E-state index is -4.45. The SMILES string of the molecule is Cc1nc(-c2cnn(C)c2-c2ccc(C(F)(F)F)cc2)c2c(N3CC(F)(F)C3)ncnn12. The molecule has 0 spiro atoms. The van der Waals surface area contributed by atoms with Gasteiger partial charge in [0.1, 0.15) is 23.4 Å². The van der Waals surface area contributed by atoms with Gasteiger partial charge in [-0.2, -0.15) is 23.4 Å². The predicted molar refractivity (Wildman–Crippen MR) is 105 cm³/mol. The average molecular weight is 449 g/mol. The number of alkyl halides is 5. The van der Waals surface area contributed by atoms with E-state index < -0.39 is 30.8 Å². The van der Waals surface area contributed by atoms with E-state index in [2.05, 4.69) is 20.2 Å². The van der Waals surface area contributed by atoms with Crippen LogP contribution in [0.25, 0.3) is 28.0 Å². The summed E-state index contributed by atoms with van der Waals surface area (Å²) in [5, 5.41) is 8.45. The molecule has 166 valence electrons. The van der Waals surface area contributed by atoms with Gasteiger partial charge < -0.3 is 4.90 Å². The van der Waals surface area contributed by atoms with Gasteiger partial charge in [-0.15, -0.1) is 0 Å². The van der Waals surface area contributed by atoms with E-state index in [-0.39, 0.29) is 0 Å². The van der Waals surface area contributed by atoms with Crippen LogP contribution in [0.2, 0.25) is 0 Å². The maximum absolute atomic E-state index is 13.5. The number of halogens is 5.